The predicted molar refractivity (Wildman–Crippen MR) is 129 cm³/mol. The third-order valence-electron chi connectivity index (χ3n) is 6.01. The van der Waals surface area contributed by atoms with Gasteiger partial charge in [0.1, 0.15) is 0 Å². The normalized spacial score (nSPS) is 11.9. The van der Waals surface area contributed by atoms with Gasteiger partial charge in [0.05, 0.1) is 15.5 Å². The maximum atomic E-state index is 13.2. The van der Waals surface area contributed by atoms with E-state index in [9.17, 15) is 16.8 Å². The van der Waals surface area contributed by atoms with Gasteiger partial charge in [-0.05, 0) is 105 Å². The molecule has 170 valence electrons. The Bertz CT molecular complexity index is 1360. The maximum Gasteiger partial charge on any atom is 0.262 e. The van der Waals surface area contributed by atoms with Crippen molar-refractivity contribution in [3.05, 3.63) is 81.9 Å². The molecule has 3 rings (SSSR count). The molecule has 0 atom stereocenters. The third kappa shape index (κ3) is 4.52. The summed E-state index contributed by atoms with van der Waals surface area (Å²) in [5, 5.41) is 0. The minimum atomic E-state index is -3.85. The summed E-state index contributed by atoms with van der Waals surface area (Å²) in [4.78, 5) is 0.300. The predicted octanol–water partition coefficient (Wildman–Crippen LogP) is 5.14. The number of rotatable bonds is 6. The summed E-state index contributed by atoms with van der Waals surface area (Å²) in [5.74, 6) is 0. The summed E-state index contributed by atoms with van der Waals surface area (Å²) in [6.45, 7) is 11.2. The van der Waals surface area contributed by atoms with Gasteiger partial charge in [0.15, 0.2) is 0 Å². The number of anilines is 2. The second-order valence-corrected chi connectivity index (χ2v) is 11.3. The molecule has 0 fully saturated rings. The lowest BCUT2D eigenvalue weighted by molar-refractivity contribution is 0.599. The second kappa shape index (κ2) is 8.60. The van der Waals surface area contributed by atoms with E-state index in [1.807, 2.05) is 39.8 Å². The zero-order valence-electron chi connectivity index (χ0n) is 19.1. The van der Waals surface area contributed by atoms with Crippen LogP contribution in [-0.2, 0) is 20.0 Å². The molecule has 0 amide bonds. The number of hydrogen-bond donors (Lipinski definition) is 2. The molecule has 0 heterocycles. The first-order valence-corrected chi connectivity index (χ1v) is 13.1. The molecule has 3 aromatic rings. The van der Waals surface area contributed by atoms with Crippen LogP contribution in [0.3, 0.4) is 0 Å². The zero-order valence-corrected chi connectivity index (χ0v) is 20.7. The van der Waals surface area contributed by atoms with E-state index < -0.39 is 20.0 Å². The molecule has 0 unspecified atom stereocenters. The van der Waals surface area contributed by atoms with Crippen LogP contribution in [0.2, 0.25) is 0 Å². The first-order valence-electron chi connectivity index (χ1n) is 10.1. The Labute approximate surface area is 190 Å². The molecule has 0 aliphatic heterocycles. The molecule has 0 radical (unpaired) electrons. The van der Waals surface area contributed by atoms with Crippen LogP contribution in [0.5, 0.6) is 0 Å². The first kappa shape index (κ1) is 23.8. The summed E-state index contributed by atoms with van der Waals surface area (Å²) >= 11 is 0. The second-order valence-electron chi connectivity index (χ2n) is 8.00. The van der Waals surface area contributed by atoms with Gasteiger partial charge in [0, 0.05) is 5.69 Å². The quantitative estimate of drug-likeness (QED) is 0.520. The van der Waals surface area contributed by atoms with Crippen molar-refractivity contribution in [3.63, 3.8) is 0 Å². The molecule has 8 heteroatoms. The maximum absolute atomic E-state index is 13.2. The van der Waals surface area contributed by atoms with Gasteiger partial charge in [0.25, 0.3) is 20.0 Å². The van der Waals surface area contributed by atoms with Crippen LogP contribution < -0.4 is 9.44 Å². The molecule has 0 aliphatic carbocycles. The van der Waals surface area contributed by atoms with Gasteiger partial charge in [-0.3, -0.25) is 9.44 Å². The molecule has 0 spiro atoms. The largest absolute Gasteiger partial charge is 0.280 e. The van der Waals surface area contributed by atoms with Crippen LogP contribution in [0.15, 0.2) is 58.3 Å². The number of para-hydroxylation sites is 1. The topological polar surface area (TPSA) is 92.3 Å². The Kier molecular flexibility index (Phi) is 6.40. The molecular weight excluding hydrogens is 444 g/mol. The Morgan fingerprint density at radius 2 is 1.06 bits per heavy atom. The van der Waals surface area contributed by atoms with Crippen molar-refractivity contribution in [2.24, 2.45) is 0 Å². The number of nitrogens with one attached hydrogen (secondary N) is 2. The molecule has 32 heavy (non-hydrogen) atoms. The number of hydrogen-bond acceptors (Lipinski definition) is 4. The lowest BCUT2D eigenvalue weighted by Gasteiger charge is -2.19. The number of sulfonamides is 2. The van der Waals surface area contributed by atoms with Crippen molar-refractivity contribution in [1.29, 1.82) is 0 Å². The van der Waals surface area contributed by atoms with Crippen molar-refractivity contribution in [2.45, 2.75) is 51.3 Å². The fraction of sp³-hybridized carbons (Fsp3) is 0.250. The lowest BCUT2D eigenvalue weighted by Crippen LogP contribution is -2.18. The monoisotopic (exact) mass is 472 g/mol. The summed E-state index contributed by atoms with van der Waals surface area (Å²) in [5.41, 5.74) is 5.96. The summed E-state index contributed by atoms with van der Waals surface area (Å²) < 4.78 is 56.9. The van der Waals surface area contributed by atoms with E-state index in [1.54, 1.807) is 26.0 Å². The molecule has 0 bridgehead atoms. The highest BCUT2D eigenvalue weighted by atomic mass is 32.2. The molecule has 2 N–H and O–H groups in total. The van der Waals surface area contributed by atoms with Crippen molar-refractivity contribution in [1.82, 2.24) is 0 Å². The molecule has 0 saturated heterocycles. The lowest BCUT2D eigenvalue weighted by atomic mass is 9.95. The molecule has 0 saturated carbocycles. The number of benzene rings is 3. The molecular formula is C24H28N2O4S2. The van der Waals surface area contributed by atoms with Gasteiger partial charge in [0.2, 0.25) is 0 Å². The van der Waals surface area contributed by atoms with E-state index in [-0.39, 0.29) is 15.5 Å². The smallest absolute Gasteiger partial charge is 0.262 e. The van der Waals surface area contributed by atoms with Crippen LogP contribution in [0.1, 0.15) is 33.4 Å². The van der Waals surface area contributed by atoms with Crippen LogP contribution in [-0.4, -0.2) is 16.8 Å². The molecule has 0 aliphatic rings. The van der Waals surface area contributed by atoms with Gasteiger partial charge in [-0.15, -0.1) is 0 Å². The van der Waals surface area contributed by atoms with Gasteiger partial charge < -0.3 is 0 Å². The van der Waals surface area contributed by atoms with Crippen LogP contribution in [0.25, 0.3) is 0 Å². The minimum absolute atomic E-state index is 0.0399. The van der Waals surface area contributed by atoms with Crippen molar-refractivity contribution < 1.29 is 16.8 Å². The van der Waals surface area contributed by atoms with E-state index in [2.05, 4.69) is 9.44 Å². The van der Waals surface area contributed by atoms with Crippen molar-refractivity contribution >= 4 is 31.4 Å². The van der Waals surface area contributed by atoms with Crippen molar-refractivity contribution in [3.8, 4) is 0 Å². The van der Waals surface area contributed by atoms with Crippen LogP contribution in [0, 0.1) is 41.5 Å². The third-order valence-corrected chi connectivity index (χ3v) is 9.04. The Morgan fingerprint density at radius 1 is 0.562 bits per heavy atom. The van der Waals surface area contributed by atoms with Gasteiger partial charge in [-0.25, -0.2) is 16.8 Å². The Balaban J connectivity index is 1.90. The van der Waals surface area contributed by atoms with E-state index in [1.165, 1.54) is 24.3 Å². The highest BCUT2D eigenvalue weighted by molar-refractivity contribution is 7.93. The van der Waals surface area contributed by atoms with Crippen LogP contribution >= 0.6 is 0 Å². The zero-order chi connectivity index (χ0) is 23.8. The fourth-order valence-electron chi connectivity index (χ4n) is 3.67. The average molecular weight is 473 g/mol. The van der Waals surface area contributed by atoms with E-state index in [0.717, 1.165) is 22.3 Å². The highest BCUT2D eigenvalue weighted by Crippen LogP contribution is 2.31. The van der Waals surface area contributed by atoms with E-state index in [0.29, 0.717) is 16.8 Å². The average Bonchev–Trinajstić information content (AvgIpc) is 2.72. The van der Waals surface area contributed by atoms with Crippen molar-refractivity contribution in [2.75, 3.05) is 9.44 Å². The Hall–Kier alpha value is -2.84. The van der Waals surface area contributed by atoms with E-state index in [4.69, 9.17) is 0 Å². The highest BCUT2D eigenvalue weighted by Gasteiger charge is 2.24. The van der Waals surface area contributed by atoms with Gasteiger partial charge in [-0.1, -0.05) is 18.2 Å². The van der Waals surface area contributed by atoms with Crippen LogP contribution in [0.4, 0.5) is 11.4 Å². The standard InChI is InChI=1S/C24H28N2O4S2/c1-15-9-7-8-10-23(15)26-31(27,28)22-13-11-21(12-14-22)25-32(29,30)24-19(5)17(3)16(2)18(4)20(24)6/h7-14,25-26H,1-6H3. The minimum Gasteiger partial charge on any atom is -0.280 e. The van der Waals surface area contributed by atoms with Gasteiger partial charge >= 0.3 is 0 Å². The Morgan fingerprint density at radius 3 is 1.59 bits per heavy atom. The summed E-state index contributed by atoms with van der Waals surface area (Å²) in [6.07, 6.45) is 0. The molecule has 0 aromatic heterocycles. The summed E-state index contributed by atoms with van der Waals surface area (Å²) in [7, 11) is -7.66. The fourth-order valence-corrected chi connectivity index (χ4v) is 6.46. The van der Waals surface area contributed by atoms with Gasteiger partial charge in [-0.2, -0.15) is 0 Å². The first-order chi connectivity index (χ1) is 14.8. The molecule has 6 nitrogen and oxygen atoms in total. The number of aryl methyl sites for hydroxylation is 1. The SMILES string of the molecule is Cc1ccccc1NS(=O)(=O)c1ccc(NS(=O)(=O)c2c(C)c(C)c(C)c(C)c2C)cc1. The van der Waals surface area contributed by atoms with E-state index >= 15 is 0 Å². The summed E-state index contributed by atoms with van der Waals surface area (Å²) in [6, 6.07) is 12.7. The molecule has 3 aromatic carbocycles.